The Labute approximate surface area is 208 Å². The third kappa shape index (κ3) is 6.42. The first-order valence-corrected chi connectivity index (χ1v) is 12.3. The molecule has 0 aliphatic heterocycles. The Morgan fingerprint density at radius 3 is 2.31 bits per heavy atom. The Bertz CT molecular complexity index is 1240. The van der Waals surface area contributed by atoms with Gasteiger partial charge in [0, 0.05) is 11.4 Å². The van der Waals surface area contributed by atoms with Gasteiger partial charge in [0.2, 0.25) is 0 Å². The van der Waals surface area contributed by atoms with Gasteiger partial charge in [-0.25, -0.2) is 14.3 Å². The smallest absolute Gasteiger partial charge is 0.346 e. The number of nitrogens with zero attached hydrogens (tertiary/aromatic N) is 3. The number of carbonyl (C=O) groups is 2. The standard InChI is InChI=1S/C26H31N3O5S/c1-6-15-28-22(27-29(25(28)33)16-19-9-7-17(2)8-10-19)18(3)34-23(30)20-11-13-21(14-12-20)35-26(4,5)24(31)32/h7-14,18H,6,15-16H2,1-5H3,(H,31,32). The van der Waals surface area contributed by atoms with E-state index in [4.69, 9.17) is 4.74 Å². The van der Waals surface area contributed by atoms with Gasteiger partial charge in [-0.3, -0.25) is 9.36 Å². The van der Waals surface area contributed by atoms with Crippen molar-refractivity contribution in [3.8, 4) is 0 Å². The maximum Gasteiger partial charge on any atom is 0.346 e. The van der Waals surface area contributed by atoms with Crippen LogP contribution in [0.4, 0.5) is 0 Å². The maximum absolute atomic E-state index is 13.0. The number of benzene rings is 2. The van der Waals surface area contributed by atoms with E-state index < -0.39 is 22.8 Å². The highest BCUT2D eigenvalue weighted by atomic mass is 32.2. The molecule has 0 spiro atoms. The van der Waals surface area contributed by atoms with Crippen LogP contribution in [0.3, 0.4) is 0 Å². The quantitative estimate of drug-likeness (QED) is 0.320. The second kappa shape index (κ2) is 10.9. The molecule has 8 nitrogen and oxygen atoms in total. The summed E-state index contributed by atoms with van der Waals surface area (Å²) in [4.78, 5) is 37.8. The van der Waals surface area contributed by atoms with E-state index in [1.165, 1.54) is 16.4 Å². The Hall–Kier alpha value is -3.33. The van der Waals surface area contributed by atoms with Gasteiger partial charge in [0.05, 0.1) is 12.1 Å². The number of hydrogen-bond donors (Lipinski definition) is 1. The van der Waals surface area contributed by atoms with Crippen LogP contribution in [0.15, 0.2) is 58.2 Å². The summed E-state index contributed by atoms with van der Waals surface area (Å²) in [6.07, 6.45) is -0.00341. The minimum Gasteiger partial charge on any atom is -0.480 e. The fourth-order valence-electron chi connectivity index (χ4n) is 3.44. The van der Waals surface area contributed by atoms with E-state index >= 15 is 0 Å². The van der Waals surface area contributed by atoms with E-state index in [1.54, 1.807) is 49.6 Å². The predicted molar refractivity (Wildman–Crippen MR) is 135 cm³/mol. The molecule has 3 rings (SSSR count). The first-order valence-electron chi connectivity index (χ1n) is 11.5. The average molecular weight is 498 g/mol. The lowest BCUT2D eigenvalue weighted by atomic mass is 10.1. The van der Waals surface area contributed by atoms with Crippen molar-refractivity contribution < 1.29 is 19.4 Å². The number of carboxylic acid groups (broad SMARTS) is 1. The number of carboxylic acids is 1. The number of ether oxygens (including phenoxy) is 1. The van der Waals surface area contributed by atoms with Crippen molar-refractivity contribution in [2.75, 3.05) is 0 Å². The number of hydrogen-bond acceptors (Lipinski definition) is 6. The van der Waals surface area contributed by atoms with E-state index in [0.29, 0.717) is 24.5 Å². The summed E-state index contributed by atoms with van der Waals surface area (Å²) in [6.45, 7) is 9.71. The normalized spacial score (nSPS) is 12.4. The molecular weight excluding hydrogens is 466 g/mol. The molecule has 0 aliphatic rings. The molecule has 1 atom stereocenters. The monoisotopic (exact) mass is 497 g/mol. The van der Waals surface area contributed by atoms with Gasteiger partial charge in [0.1, 0.15) is 4.75 Å². The lowest BCUT2D eigenvalue weighted by Gasteiger charge is -2.18. The first kappa shape index (κ1) is 26.3. The van der Waals surface area contributed by atoms with E-state index in [1.807, 2.05) is 38.1 Å². The maximum atomic E-state index is 13.0. The van der Waals surface area contributed by atoms with Crippen LogP contribution in [0, 0.1) is 6.92 Å². The largest absolute Gasteiger partial charge is 0.480 e. The molecule has 0 aliphatic carbocycles. The zero-order valence-electron chi connectivity index (χ0n) is 20.6. The van der Waals surface area contributed by atoms with Gasteiger partial charge < -0.3 is 9.84 Å². The number of aromatic nitrogens is 3. The summed E-state index contributed by atoms with van der Waals surface area (Å²) in [5.41, 5.74) is 2.18. The van der Waals surface area contributed by atoms with E-state index in [-0.39, 0.29) is 5.69 Å². The fraction of sp³-hybridized carbons (Fsp3) is 0.385. The van der Waals surface area contributed by atoms with E-state index in [9.17, 15) is 19.5 Å². The number of aryl methyl sites for hydroxylation is 1. The number of esters is 1. The fourth-order valence-corrected chi connectivity index (χ4v) is 4.39. The summed E-state index contributed by atoms with van der Waals surface area (Å²) < 4.78 is 7.61. The molecule has 0 amide bonds. The molecular formula is C26H31N3O5S. The topological polar surface area (TPSA) is 103 Å². The lowest BCUT2D eigenvalue weighted by molar-refractivity contribution is -0.138. The number of aliphatic carboxylic acids is 1. The molecule has 0 fully saturated rings. The molecule has 0 radical (unpaired) electrons. The molecule has 2 aromatic carbocycles. The molecule has 1 unspecified atom stereocenters. The summed E-state index contributed by atoms with van der Waals surface area (Å²) in [5, 5.41) is 13.8. The molecule has 35 heavy (non-hydrogen) atoms. The Morgan fingerprint density at radius 2 is 1.74 bits per heavy atom. The van der Waals surface area contributed by atoms with Gasteiger partial charge in [-0.15, -0.1) is 11.8 Å². The minimum atomic E-state index is -0.989. The van der Waals surface area contributed by atoms with Crippen LogP contribution in [0.1, 0.15) is 67.5 Å². The van der Waals surface area contributed by atoms with Gasteiger partial charge in [-0.1, -0.05) is 36.8 Å². The Kier molecular flexibility index (Phi) is 8.22. The number of carbonyl (C=O) groups excluding carboxylic acids is 1. The highest BCUT2D eigenvalue weighted by molar-refractivity contribution is 8.01. The Morgan fingerprint density at radius 1 is 1.11 bits per heavy atom. The van der Waals surface area contributed by atoms with Gasteiger partial charge in [0.15, 0.2) is 11.9 Å². The first-order chi connectivity index (χ1) is 16.5. The second-order valence-corrected chi connectivity index (χ2v) is 10.6. The zero-order valence-corrected chi connectivity index (χ0v) is 21.5. The lowest BCUT2D eigenvalue weighted by Crippen LogP contribution is -2.26. The van der Waals surface area contributed by atoms with Gasteiger partial charge >= 0.3 is 17.6 Å². The van der Waals surface area contributed by atoms with Crippen molar-refractivity contribution in [2.24, 2.45) is 0 Å². The molecule has 186 valence electrons. The van der Waals surface area contributed by atoms with Crippen molar-refractivity contribution in [3.05, 3.63) is 81.5 Å². The summed E-state index contributed by atoms with van der Waals surface area (Å²) in [7, 11) is 0. The molecule has 0 saturated carbocycles. The third-order valence-electron chi connectivity index (χ3n) is 5.48. The van der Waals surface area contributed by atoms with Crippen molar-refractivity contribution in [1.29, 1.82) is 0 Å². The van der Waals surface area contributed by atoms with Gasteiger partial charge in [-0.2, -0.15) is 5.10 Å². The van der Waals surface area contributed by atoms with Crippen molar-refractivity contribution in [2.45, 2.75) is 69.9 Å². The molecule has 1 aromatic heterocycles. The Balaban J connectivity index is 1.76. The van der Waals surface area contributed by atoms with Gasteiger partial charge in [0.25, 0.3) is 0 Å². The molecule has 3 aromatic rings. The zero-order chi connectivity index (χ0) is 25.8. The van der Waals surface area contributed by atoms with E-state index in [2.05, 4.69) is 5.10 Å². The van der Waals surface area contributed by atoms with Crippen LogP contribution in [-0.4, -0.2) is 36.1 Å². The average Bonchev–Trinajstić information content (AvgIpc) is 3.11. The summed E-state index contributed by atoms with van der Waals surface area (Å²) in [6, 6.07) is 14.5. The van der Waals surface area contributed by atoms with Crippen LogP contribution in [0.2, 0.25) is 0 Å². The number of thioether (sulfide) groups is 1. The predicted octanol–water partition coefficient (Wildman–Crippen LogP) is 4.68. The summed E-state index contributed by atoms with van der Waals surface area (Å²) >= 11 is 1.20. The third-order valence-corrected chi connectivity index (χ3v) is 6.67. The molecule has 1 heterocycles. The second-order valence-electron chi connectivity index (χ2n) is 8.93. The minimum absolute atomic E-state index is 0.243. The van der Waals surface area contributed by atoms with Crippen molar-refractivity contribution >= 4 is 23.7 Å². The van der Waals surface area contributed by atoms with Crippen LogP contribution < -0.4 is 5.69 Å². The van der Waals surface area contributed by atoms with E-state index in [0.717, 1.165) is 22.4 Å². The van der Waals surface area contributed by atoms with Crippen molar-refractivity contribution in [1.82, 2.24) is 14.3 Å². The van der Waals surface area contributed by atoms with Crippen molar-refractivity contribution in [3.63, 3.8) is 0 Å². The summed E-state index contributed by atoms with van der Waals surface area (Å²) in [5.74, 6) is -1.07. The highest BCUT2D eigenvalue weighted by Crippen LogP contribution is 2.32. The van der Waals surface area contributed by atoms with Crippen LogP contribution >= 0.6 is 11.8 Å². The molecule has 0 saturated heterocycles. The molecule has 0 bridgehead atoms. The SMILES string of the molecule is CCCn1c(C(C)OC(=O)c2ccc(SC(C)(C)C(=O)O)cc2)nn(Cc2ccc(C)cc2)c1=O. The van der Waals surface area contributed by atoms with Crippen LogP contribution in [-0.2, 0) is 22.6 Å². The highest BCUT2D eigenvalue weighted by Gasteiger charge is 2.28. The molecule has 9 heteroatoms. The van der Waals surface area contributed by atoms with Gasteiger partial charge in [-0.05, 0) is 63.9 Å². The van der Waals surface area contributed by atoms with Crippen LogP contribution in [0.5, 0.6) is 0 Å². The molecule has 1 N–H and O–H groups in total. The van der Waals surface area contributed by atoms with Crippen LogP contribution in [0.25, 0.3) is 0 Å². The number of rotatable bonds is 10.